The van der Waals surface area contributed by atoms with E-state index in [0.29, 0.717) is 21.0 Å². The van der Waals surface area contributed by atoms with Crippen molar-refractivity contribution in [2.24, 2.45) is 0 Å². The molecule has 4 rings (SSSR count). The number of hydrogen-bond acceptors (Lipinski definition) is 3. The molecule has 0 radical (unpaired) electrons. The zero-order valence-electron chi connectivity index (χ0n) is 14.6. The summed E-state index contributed by atoms with van der Waals surface area (Å²) in [7, 11) is 0. The van der Waals surface area contributed by atoms with Crippen molar-refractivity contribution < 1.29 is 9.84 Å². The number of phenolic OH excluding ortho intramolecular Hbond substituents is 1. The van der Waals surface area contributed by atoms with Gasteiger partial charge in [-0.05, 0) is 30.7 Å². The molecule has 1 aromatic heterocycles. The Morgan fingerprint density at radius 3 is 2.63 bits per heavy atom. The fourth-order valence-electron chi connectivity index (χ4n) is 3.60. The molecule has 2 atom stereocenters. The number of fused-ring (bicyclic) bond motifs is 2. The van der Waals surface area contributed by atoms with Crippen molar-refractivity contribution in [2.45, 2.75) is 25.9 Å². The molecule has 2 unspecified atom stereocenters. The third kappa shape index (κ3) is 3.04. The number of aromatic hydroxyl groups is 1. The van der Waals surface area contributed by atoms with Crippen molar-refractivity contribution >= 4 is 50.7 Å². The van der Waals surface area contributed by atoms with Crippen molar-refractivity contribution in [3.05, 3.63) is 69.3 Å². The van der Waals surface area contributed by atoms with Crippen molar-refractivity contribution in [2.75, 3.05) is 0 Å². The summed E-state index contributed by atoms with van der Waals surface area (Å²) in [5.74, 6) is 0.482. The van der Waals surface area contributed by atoms with Crippen LogP contribution in [0.5, 0.6) is 11.5 Å². The van der Waals surface area contributed by atoms with Gasteiger partial charge in [0.1, 0.15) is 22.8 Å². The largest absolute Gasteiger partial charge is 0.508 e. The van der Waals surface area contributed by atoms with E-state index in [1.165, 1.54) is 0 Å². The first-order chi connectivity index (χ1) is 12.9. The van der Waals surface area contributed by atoms with E-state index in [1.807, 2.05) is 38.1 Å². The Balaban J connectivity index is 1.90. The molecule has 6 heteroatoms. The normalized spacial score (nSPS) is 17.6. The molecule has 0 saturated heterocycles. The second-order valence-corrected chi connectivity index (χ2v) is 7.69. The van der Waals surface area contributed by atoms with Crippen molar-refractivity contribution in [3.8, 4) is 11.5 Å². The first-order valence-corrected chi connectivity index (χ1v) is 9.65. The smallest absolute Gasteiger partial charge is 0.135 e. The Kier molecular flexibility index (Phi) is 4.71. The average Bonchev–Trinajstić information content (AvgIpc) is 2.61. The van der Waals surface area contributed by atoms with E-state index in [2.05, 4.69) is 4.98 Å². The molecular formula is C21H16Cl3NO2. The highest BCUT2D eigenvalue weighted by molar-refractivity contribution is 6.50. The van der Waals surface area contributed by atoms with Gasteiger partial charge in [-0.3, -0.25) is 0 Å². The number of pyridine rings is 1. The van der Waals surface area contributed by atoms with Crippen molar-refractivity contribution in [1.82, 2.24) is 4.98 Å². The quantitative estimate of drug-likeness (QED) is 0.464. The lowest BCUT2D eigenvalue weighted by Gasteiger charge is -2.31. The second kappa shape index (κ2) is 6.90. The maximum absolute atomic E-state index is 9.70. The van der Waals surface area contributed by atoms with Gasteiger partial charge in [-0.2, -0.15) is 0 Å². The number of aromatic nitrogens is 1. The lowest BCUT2D eigenvalue weighted by atomic mass is 9.87. The zero-order valence-corrected chi connectivity index (χ0v) is 16.9. The van der Waals surface area contributed by atoms with E-state index >= 15 is 0 Å². The minimum atomic E-state index is -0.305. The summed E-state index contributed by atoms with van der Waals surface area (Å²) in [6.45, 7) is 3.91. The Labute approximate surface area is 172 Å². The van der Waals surface area contributed by atoms with Crippen LogP contribution >= 0.6 is 34.8 Å². The van der Waals surface area contributed by atoms with Gasteiger partial charge in [0.15, 0.2) is 0 Å². The zero-order chi connectivity index (χ0) is 19.3. The number of ether oxygens (including phenoxy) is 1. The van der Waals surface area contributed by atoms with Gasteiger partial charge in [0.05, 0.1) is 15.6 Å². The highest BCUT2D eigenvalue weighted by Crippen LogP contribution is 2.47. The maximum atomic E-state index is 9.70. The Bertz CT molecular complexity index is 1090. The molecule has 0 fully saturated rings. The van der Waals surface area contributed by atoms with Crippen LogP contribution in [-0.4, -0.2) is 16.2 Å². The van der Waals surface area contributed by atoms with Gasteiger partial charge in [0.25, 0.3) is 0 Å². The molecule has 27 heavy (non-hydrogen) atoms. The van der Waals surface area contributed by atoms with Crippen LogP contribution in [0.1, 0.15) is 30.9 Å². The van der Waals surface area contributed by atoms with E-state index in [4.69, 9.17) is 39.5 Å². The molecule has 1 aliphatic heterocycles. The summed E-state index contributed by atoms with van der Waals surface area (Å²) in [4.78, 5) is 4.50. The van der Waals surface area contributed by atoms with E-state index in [9.17, 15) is 5.11 Å². The molecule has 3 aromatic rings. The highest BCUT2D eigenvalue weighted by atomic mass is 35.5. The molecule has 2 heterocycles. The number of benzene rings is 2. The van der Waals surface area contributed by atoms with E-state index in [0.717, 1.165) is 27.6 Å². The van der Waals surface area contributed by atoms with E-state index in [-0.39, 0.29) is 17.8 Å². The van der Waals surface area contributed by atoms with Gasteiger partial charge in [-0.1, -0.05) is 59.9 Å². The number of nitrogens with zero attached hydrogens (tertiary/aromatic N) is 1. The van der Waals surface area contributed by atoms with Gasteiger partial charge in [0.2, 0.25) is 0 Å². The Morgan fingerprint density at radius 2 is 1.85 bits per heavy atom. The van der Waals surface area contributed by atoms with Gasteiger partial charge < -0.3 is 9.84 Å². The minimum absolute atomic E-state index is 0.131. The van der Waals surface area contributed by atoms with Crippen LogP contribution in [0.15, 0.2) is 48.0 Å². The SMILES string of the molecule is CC1Oc2cc(O)ccc2C(Cl)=C1C(C)c1c(Cl)nc2ccccc2c1Cl. The monoisotopic (exact) mass is 419 g/mol. The fourth-order valence-corrected chi connectivity index (χ4v) is 4.89. The summed E-state index contributed by atoms with van der Waals surface area (Å²) < 4.78 is 6.00. The van der Waals surface area contributed by atoms with Gasteiger partial charge in [-0.25, -0.2) is 4.98 Å². The fraction of sp³-hybridized carbons (Fsp3) is 0.190. The van der Waals surface area contributed by atoms with Crippen LogP contribution in [0, 0.1) is 0 Å². The molecule has 138 valence electrons. The van der Waals surface area contributed by atoms with Crippen LogP contribution < -0.4 is 4.74 Å². The number of rotatable bonds is 2. The predicted molar refractivity (Wildman–Crippen MR) is 111 cm³/mol. The minimum Gasteiger partial charge on any atom is -0.508 e. The lowest BCUT2D eigenvalue weighted by Crippen LogP contribution is -2.24. The first kappa shape index (κ1) is 18.4. The second-order valence-electron chi connectivity index (χ2n) is 6.58. The van der Waals surface area contributed by atoms with Crippen LogP contribution in [0.2, 0.25) is 10.2 Å². The summed E-state index contributed by atoms with van der Waals surface area (Å²) >= 11 is 20.0. The van der Waals surface area contributed by atoms with Crippen LogP contribution in [0.3, 0.4) is 0 Å². The third-order valence-corrected chi connectivity index (χ3v) is 6.03. The first-order valence-electron chi connectivity index (χ1n) is 8.51. The number of hydrogen-bond donors (Lipinski definition) is 1. The summed E-state index contributed by atoms with van der Waals surface area (Å²) in [5.41, 5.74) is 3.08. The van der Waals surface area contributed by atoms with Gasteiger partial charge in [0, 0.05) is 28.5 Å². The van der Waals surface area contributed by atoms with E-state index < -0.39 is 0 Å². The summed E-state index contributed by atoms with van der Waals surface area (Å²) in [6.07, 6.45) is -0.305. The number of halogens is 3. The maximum Gasteiger partial charge on any atom is 0.135 e. The highest BCUT2D eigenvalue weighted by Gasteiger charge is 2.32. The predicted octanol–water partition coefficient (Wildman–Crippen LogP) is 6.78. The molecule has 0 spiro atoms. The molecular weight excluding hydrogens is 405 g/mol. The van der Waals surface area contributed by atoms with E-state index in [1.54, 1.807) is 18.2 Å². The van der Waals surface area contributed by atoms with Crippen LogP contribution in [0.25, 0.3) is 15.9 Å². The molecule has 1 aliphatic rings. The van der Waals surface area contributed by atoms with Gasteiger partial charge >= 0.3 is 0 Å². The molecule has 0 bridgehead atoms. The van der Waals surface area contributed by atoms with Crippen molar-refractivity contribution in [1.29, 1.82) is 0 Å². The van der Waals surface area contributed by atoms with Crippen LogP contribution in [0.4, 0.5) is 0 Å². The standard InChI is InChI=1S/C21H16Cl3NO2/c1-10(18-19(22)13-5-3-4-6-15(13)25-21(18)24)17-11(2)27-16-9-12(26)7-8-14(16)20(17)23/h3-11,26H,1-2H3. The Hall–Kier alpha value is -1.94. The molecule has 0 aliphatic carbocycles. The summed E-state index contributed by atoms with van der Waals surface area (Å²) in [5, 5.41) is 12.1. The number of phenols is 1. The lowest BCUT2D eigenvalue weighted by molar-refractivity contribution is 0.244. The Morgan fingerprint density at radius 1 is 1.11 bits per heavy atom. The van der Waals surface area contributed by atoms with Gasteiger partial charge in [-0.15, -0.1) is 0 Å². The molecule has 0 saturated carbocycles. The number of para-hydroxylation sites is 1. The average molecular weight is 421 g/mol. The molecule has 3 nitrogen and oxygen atoms in total. The van der Waals surface area contributed by atoms with Crippen molar-refractivity contribution in [3.63, 3.8) is 0 Å². The third-order valence-electron chi connectivity index (χ3n) is 4.91. The molecule has 1 N–H and O–H groups in total. The van der Waals surface area contributed by atoms with Crippen LogP contribution in [-0.2, 0) is 0 Å². The molecule has 2 aromatic carbocycles. The molecule has 0 amide bonds. The topological polar surface area (TPSA) is 42.4 Å². The summed E-state index contributed by atoms with van der Waals surface area (Å²) in [6, 6.07) is 12.5.